The third-order valence-electron chi connectivity index (χ3n) is 5.33. The van der Waals surface area contributed by atoms with Gasteiger partial charge in [-0.2, -0.15) is 0 Å². The Labute approximate surface area is 193 Å². The zero-order valence-corrected chi connectivity index (χ0v) is 19.2. The predicted octanol–water partition coefficient (Wildman–Crippen LogP) is 3.90. The molecule has 2 aromatic heterocycles. The Morgan fingerprint density at radius 1 is 1.00 bits per heavy atom. The van der Waals surface area contributed by atoms with Crippen LogP contribution in [0.25, 0.3) is 11.0 Å². The molecule has 2 heterocycles. The molecule has 0 radical (unpaired) electrons. The van der Waals surface area contributed by atoms with E-state index in [0.717, 1.165) is 45.6 Å². The number of nitrogens with zero attached hydrogens (tertiary/aromatic N) is 3. The van der Waals surface area contributed by atoms with Crippen LogP contribution in [-0.2, 0) is 24.9 Å². The molecule has 0 aliphatic rings. The van der Waals surface area contributed by atoms with Crippen LogP contribution in [0.15, 0.2) is 60.7 Å². The Kier molecular flexibility index (Phi) is 6.88. The topological polar surface area (TPSA) is 78.3 Å². The second-order valence-electron chi connectivity index (χ2n) is 8.01. The van der Waals surface area contributed by atoms with E-state index in [4.69, 9.17) is 9.47 Å². The molecule has 4 rings (SSSR count). The maximum atomic E-state index is 12.3. The average molecular weight is 445 g/mol. The van der Waals surface area contributed by atoms with Gasteiger partial charge < -0.3 is 14.8 Å². The number of carbonyl (C=O) groups excluding carboxylic acids is 1. The van der Waals surface area contributed by atoms with Gasteiger partial charge in [-0.3, -0.25) is 4.79 Å². The summed E-state index contributed by atoms with van der Waals surface area (Å²) in [4.78, 5) is 16.8. The highest BCUT2D eigenvalue weighted by molar-refractivity contribution is 5.85. The number of hydrogen-bond acceptors (Lipinski definition) is 5. The Morgan fingerprint density at radius 3 is 2.52 bits per heavy atom. The highest BCUT2D eigenvalue weighted by Gasteiger charge is 2.15. The molecule has 0 aliphatic heterocycles. The van der Waals surface area contributed by atoms with Crippen molar-refractivity contribution >= 4 is 16.9 Å². The van der Waals surface area contributed by atoms with Crippen molar-refractivity contribution in [1.82, 2.24) is 20.1 Å². The number of ether oxygens (including phenoxy) is 2. The number of benzene rings is 2. The highest BCUT2D eigenvalue weighted by atomic mass is 16.5. The smallest absolute Gasteiger partial charge is 0.258 e. The van der Waals surface area contributed by atoms with Crippen LogP contribution in [-0.4, -0.2) is 33.8 Å². The Balaban J connectivity index is 1.23. The Hall–Kier alpha value is -3.87. The first kappa shape index (κ1) is 22.3. The minimum atomic E-state index is -0.186. The molecule has 1 N–H and O–H groups in total. The fraction of sp³-hybridized carbons (Fsp3) is 0.269. The van der Waals surface area contributed by atoms with Crippen LogP contribution in [0.4, 0.5) is 0 Å². The van der Waals surface area contributed by atoms with Crippen molar-refractivity contribution in [3.8, 4) is 11.6 Å². The van der Waals surface area contributed by atoms with Gasteiger partial charge in [-0.1, -0.05) is 42.5 Å². The van der Waals surface area contributed by atoms with Gasteiger partial charge in [-0.05, 0) is 55.2 Å². The van der Waals surface area contributed by atoms with Gasteiger partial charge in [0.05, 0.1) is 5.39 Å². The van der Waals surface area contributed by atoms with Crippen LogP contribution < -0.4 is 14.8 Å². The third-order valence-corrected chi connectivity index (χ3v) is 5.33. The van der Waals surface area contributed by atoms with Crippen molar-refractivity contribution in [3.05, 3.63) is 83.0 Å². The fourth-order valence-electron chi connectivity index (χ4n) is 3.67. The maximum absolute atomic E-state index is 12.3. The lowest BCUT2D eigenvalue weighted by molar-refractivity contribution is -0.123. The summed E-state index contributed by atoms with van der Waals surface area (Å²) in [5.41, 5.74) is 4.95. The lowest BCUT2D eigenvalue weighted by atomic mass is 10.1. The second-order valence-corrected chi connectivity index (χ2v) is 8.01. The number of aromatic nitrogens is 3. The Bertz CT molecular complexity index is 1230. The number of amides is 1. The first-order valence-electron chi connectivity index (χ1n) is 11.0. The van der Waals surface area contributed by atoms with Gasteiger partial charge in [0, 0.05) is 19.3 Å². The van der Waals surface area contributed by atoms with Crippen molar-refractivity contribution in [3.63, 3.8) is 0 Å². The quantitative estimate of drug-likeness (QED) is 0.424. The molecular formula is C26H28N4O3. The second kappa shape index (κ2) is 10.2. The van der Waals surface area contributed by atoms with Crippen LogP contribution >= 0.6 is 0 Å². The van der Waals surface area contributed by atoms with E-state index < -0.39 is 0 Å². The largest absolute Gasteiger partial charge is 0.489 e. The normalized spacial score (nSPS) is 10.9. The predicted molar refractivity (Wildman–Crippen MR) is 127 cm³/mol. The van der Waals surface area contributed by atoms with Crippen molar-refractivity contribution in [2.75, 3.05) is 13.2 Å². The molecule has 0 bridgehead atoms. The Morgan fingerprint density at radius 2 is 1.76 bits per heavy atom. The monoisotopic (exact) mass is 444 g/mol. The summed E-state index contributed by atoms with van der Waals surface area (Å²) in [6, 6.07) is 20.0. The van der Waals surface area contributed by atoms with Gasteiger partial charge in [0.25, 0.3) is 5.91 Å². The number of nitrogens with one attached hydrogen (secondary N) is 1. The molecule has 0 saturated carbocycles. The van der Waals surface area contributed by atoms with E-state index in [1.54, 1.807) is 4.68 Å². The van der Waals surface area contributed by atoms with Gasteiger partial charge in [0.2, 0.25) is 5.88 Å². The number of carbonyl (C=O) groups is 1. The van der Waals surface area contributed by atoms with Crippen LogP contribution in [0.5, 0.6) is 11.6 Å². The molecule has 0 fully saturated rings. The summed E-state index contributed by atoms with van der Waals surface area (Å²) in [5, 5.41) is 8.11. The van der Waals surface area contributed by atoms with Crippen molar-refractivity contribution in [1.29, 1.82) is 0 Å². The molecule has 33 heavy (non-hydrogen) atoms. The average Bonchev–Trinajstić information content (AvgIpc) is 3.13. The summed E-state index contributed by atoms with van der Waals surface area (Å²) in [5.74, 6) is 1.07. The van der Waals surface area contributed by atoms with E-state index in [2.05, 4.69) is 15.4 Å². The molecule has 0 saturated heterocycles. The first-order chi connectivity index (χ1) is 16.0. The van der Waals surface area contributed by atoms with Crippen molar-refractivity contribution in [2.45, 2.75) is 26.9 Å². The minimum absolute atomic E-state index is 0.0916. The van der Waals surface area contributed by atoms with Gasteiger partial charge in [-0.25, -0.2) is 9.67 Å². The lowest BCUT2D eigenvalue weighted by Crippen LogP contribution is -2.30. The van der Waals surface area contributed by atoms with Crippen molar-refractivity contribution in [2.24, 2.45) is 7.05 Å². The summed E-state index contributed by atoms with van der Waals surface area (Å²) >= 11 is 0. The van der Waals surface area contributed by atoms with Gasteiger partial charge in [0.1, 0.15) is 12.4 Å². The number of hydrogen-bond donors (Lipinski definition) is 1. The zero-order valence-electron chi connectivity index (χ0n) is 19.2. The highest BCUT2D eigenvalue weighted by Crippen LogP contribution is 2.27. The van der Waals surface area contributed by atoms with E-state index in [0.29, 0.717) is 19.0 Å². The van der Waals surface area contributed by atoms with Gasteiger partial charge in [-0.15, -0.1) is 5.10 Å². The number of rotatable bonds is 9. The molecule has 7 heteroatoms. The van der Waals surface area contributed by atoms with Gasteiger partial charge >= 0.3 is 0 Å². The van der Waals surface area contributed by atoms with E-state index in [-0.39, 0.29) is 12.5 Å². The minimum Gasteiger partial charge on any atom is -0.489 e. The molecule has 170 valence electrons. The SMILES string of the molecule is Cc1cc(C)c2c(OCC(=O)NCCc3ccc(OCc4ccccc4)cc3)nn(C)c2n1. The van der Waals surface area contributed by atoms with Crippen LogP contribution in [0, 0.1) is 13.8 Å². The standard InChI is InChI=1S/C26H28N4O3/c1-18-15-19(2)28-25-24(18)26(29-30(25)3)33-17-23(31)27-14-13-20-9-11-22(12-10-20)32-16-21-7-5-4-6-8-21/h4-12,15H,13-14,16-17H2,1-3H3,(H,27,31). The number of fused-ring (bicyclic) bond motifs is 1. The molecular weight excluding hydrogens is 416 g/mol. The molecule has 4 aromatic rings. The number of aryl methyl sites for hydroxylation is 3. The van der Waals surface area contributed by atoms with Crippen molar-refractivity contribution < 1.29 is 14.3 Å². The van der Waals surface area contributed by atoms with E-state index in [9.17, 15) is 4.79 Å². The zero-order chi connectivity index (χ0) is 23.2. The molecule has 0 unspecified atom stereocenters. The fourth-order valence-corrected chi connectivity index (χ4v) is 3.67. The van der Waals surface area contributed by atoms with E-state index in [1.807, 2.05) is 81.6 Å². The maximum Gasteiger partial charge on any atom is 0.258 e. The third kappa shape index (κ3) is 5.68. The lowest BCUT2D eigenvalue weighted by Gasteiger charge is -2.09. The van der Waals surface area contributed by atoms with Crippen LogP contribution in [0.2, 0.25) is 0 Å². The molecule has 0 spiro atoms. The molecule has 2 aromatic carbocycles. The molecule has 0 atom stereocenters. The summed E-state index contributed by atoms with van der Waals surface area (Å²) in [6.07, 6.45) is 0.722. The molecule has 1 amide bonds. The van der Waals surface area contributed by atoms with Crippen LogP contribution in [0.3, 0.4) is 0 Å². The molecule has 7 nitrogen and oxygen atoms in total. The first-order valence-corrected chi connectivity index (χ1v) is 11.0. The summed E-state index contributed by atoms with van der Waals surface area (Å²) in [6.45, 7) is 4.90. The number of pyridine rings is 1. The van der Waals surface area contributed by atoms with E-state index >= 15 is 0 Å². The molecule has 0 aliphatic carbocycles. The van der Waals surface area contributed by atoms with E-state index in [1.165, 1.54) is 0 Å². The van der Waals surface area contributed by atoms with Crippen LogP contribution in [0.1, 0.15) is 22.4 Å². The van der Waals surface area contributed by atoms with Gasteiger partial charge in [0.15, 0.2) is 12.3 Å². The summed E-state index contributed by atoms with van der Waals surface area (Å²) < 4.78 is 13.2. The summed E-state index contributed by atoms with van der Waals surface area (Å²) in [7, 11) is 1.82.